The number of methoxy groups -OCH3 is 1. The number of hydrogen-bond donors (Lipinski definition) is 1. The Balaban J connectivity index is 4.29. The first-order chi connectivity index (χ1) is 7.88. The number of amides is 1. The summed E-state index contributed by atoms with van der Waals surface area (Å²) >= 11 is 0. The first-order valence-corrected chi connectivity index (χ1v) is 5.88. The van der Waals surface area contributed by atoms with Crippen molar-refractivity contribution in [1.82, 2.24) is 4.90 Å². The molecule has 0 spiro atoms. The predicted molar refractivity (Wildman–Crippen MR) is 64.8 cm³/mol. The lowest BCUT2D eigenvalue weighted by Crippen LogP contribution is -2.39. The molecule has 0 saturated carbocycles. The molecule has 0 aliphatic rings. The molecule has 0 heterocycles. The van der Waals surface area contributed by atoms with Crippen LogP contribution in [0.5, 0.6) is 0 Å². The topological polar surface area (TPSA) is 66.8 Å². The highest BCUT2D eigenvalue weighted by atomic mass is 16.5. The monoisotopic (exact) mass is 245 g/mol. The summed E-state index contributed by atoms with van der Waals surface area (Å²) in [5, 5.41) is 8.63. The Kier molecular flexibility index (Phi) is 7.54. The fraction of sp³-hybridized carbons (Fsp3) is 0.833. The zero-order valence-electron chi connectivity index (χ0n) is 11.1. The van der Waals surface area contributed by atoms with Crippen molar-refractivity contribution in [3.8, 4) is 0 Å². The number of hydrogen-bond acceptors (Lipinski definition) is 3. The molecule has 0 aromatic rings. The van der Waals surface area contributed by atoms with Crippen LogP contribution in [-0.2, 0) is 14.3 Å². The summed E-state index contributed by atoms with van der Waals surface area (Å²) in [6, 6.07) is 0.0246. The number of rotatable bonds is 8. The van der Waals surface area contributed by atoms with E-state index in [2.05, 4.69) is 0 Å². The van der Waals surface area contributed by atoms with Gasteiger partial charge < -0.3 is 14.7 Å². The van der Waals surface area contributed by atoms with Crippen LogP contribution in [0.3, 0.4) is 0 Å². The molecule has 0 aromatic carbocycles. The number of carbonyl (C=O) groups is 2. The Morgan fingerprint density at radius 3 is 2.29 bits per heavy atom. The number of ether oxygens (including phenoxy) is 1. The molecule has 0 bridgehead atoms. The molecule has 1 amide bonds. The van der Waals surface area contributed by atoms with Gasteiger partial charge in [0.05, 0.1) is 6.42 Å². The average Bonchev–Trinajstić information content (AvgIpc) is 2.16. The molecule has 17 heavy (non-hydrogen) atoms. The lowest BCUT2D eigenvalue weighted by molar-refractivity contribution is -0.139. The van der Waals surface area contributed by atoms with E-state index in [1.807, 2.05) is 20.8 Å². The molecule has 0 aromatic heterocycles. The summed E-state index contributed by atoms with van der Waals surface area (Å²) < 4.78 is 4.98. The number of carbonyl (C=O) groups excluding carboxylic acids is 1. The van der Waals surface area contributed by atoms with Gasteiger partial charge in [-0.15, -0.1) is 0 Å². The maximum absolute atomic E-state index is 12.0. The van der Waals surface area contributed by atoms with Crippen molar-refractivity contribution in [2.75, 3.05) is 20.3 Å². The minimum Gasteiger partial charge on any atom is -0.481 e. The molecule has 0 aliphatic heterocycles. The number of carboxylic acids is 1. The van der Waals surface area contributed by atoms with Crippen LogP contribution in [-0.4, -0.2) is 48.2 Å². The van der Waals surface area contributed by atoms with Gasteiger partial charge in [0.1, 0.15) is 0 Å². The van der Waals surface area contributed by atoms with Crippen LogP contribution in [0.25, 0.3) is 0 Å². The second-order valence-corrected chi connectivity index (χ2v) is 4.59. The van der Waals surface area contributed by atoms with Crippen molar-refractivity contribution in [3.63, 3.8) is 0 Å². The number of aliphatic carboxylic acids is 1. The van der Waals surface area contributed by atoms with E-state index in [4.69, 9.17) is 9.84 Å². The summed E-state index contributed by atoms with van der Waals surface area (Å²) in [5.74, 6) is -0.738. The van der Waals surface area contributed by atoms with Gasteiger partial charge in [0, 0.05) is 32.7 Å². The standard InChI is InChI=1S/C12H23NO4/c1-9(2)13(6-5-12(15)16)11(14)7-10(3)8-17-4/h9-10H,5-8H2,1-4H3,(H,15,16). The van der Waals surface area contributed by atoms with Gasteiger partial charge in [-0.25, -0.2) is 0 Å². The zero-order valence-corrected chi connectivity index (χ0v) is 11.1. The predicted octanol–water partition coefficient (Wildman–Crippen LogP) is 1.37. The highest BCUT2D eigenvalue weighted by Crippen LogP contribution is 2.09. The molecule has 1 unspecified atom stereocenters. The third kappa shape index (κ3) is 6.94. The van der Waals surface area contributed by atoms with E-state index in [0.29, 0.717) is 13.0 Å². The van der Waals surface area contributed by atoms with Crippen molar-refractivity contribution in [2.24, 2.45) is 5.92 Å². The maximum Gasteiger partial charge on any atom is 0.305 e. The van der Waals surface area contributed by atoms with Gasteiger partial charge in [-0.2, -0.15) is 0 Å². The first kappa shape index (κ1) is 15.9. The van der Waals surface area contributed by atoms with Gasteiger partial charge in [-0.1, -0.05) is 6.92 Å². The molecular formula is C12H23NO4. The van der Waals surface area contributed by atoms with Gasteiger partial charge in [0.25, 0.3) is 0 Å². The molecular weight excluding hydrogens is 222 g/mol. The molecule has 0 rings (SSSR count). The van der Waals surface area contributed by atoms with Crippen molar-refractivity contribution >= 4 is 11.9 Å². The molecule has 1 N–H and O–H groups in total. The number of carboxylic acid groups (broad SMARTS) is 1. The van der Waals surface area contributed by atoms with Crippen LogP contribution >= 0.6 is 0 Å². The fourth-order valence-electron chi connectivity index (χ4n) is 1.65. The van der Waals surface area contributed by atoms with E-state index in [9.17, 15) is 9.59 Å². The molecule has 0 saturated heterocycles. The van der Waals surface area contributed by atoms with Gasteiger partial charge in [0.15, 0.2) is 0 Å². The quantitative estimate of drug-likeness (QED) is 0.701. The van der Waals surface area contributed by atoms with Crippen molar-refractivity contribution in [2.45, 2.75) is 39.7 Å². The van der Waals surface area contributed by atoms with Gasteiger partial charge in [-0.3, -0.25) is 9.59 Å². The average molecular weight is 245 g/mol. The number of nitrogens with zero attached hydrogens (tertiary/aromatic N) is 1. The third-order valence-electron chi connectivity index (χ3n) is 2.48. The lowest BCUT2D eigenvalue weighted by Gasteiger charge is -2.27. The first-order valence-electron chi connectivity index (χ1n) is 5.88. The van der Waals surface area contributed by atoms with Crippen LogP contribution in [0.4, 0.5) is 0 Å². The Hall–Kier alpha value is -1.10. The van der Waals surface area contributed by atoms with Crippen LogP contribution in [0.2, 0.25) is 0 Å². The normalized spacial score (nSPS) is 12.5. The summed E-state index contributed by atoms with van der Waals surface area (Å²) in [5.41, 5.74) is 0. The second kappa shape index (κ2) is 8.06. The lowest BCUT2D eigenvalue weighted by atomic mass is 10.1. The van der Waals surface area contributed by atoms with Crippen molar-refractivity contribution in [1.29, 1.82) is 0 Å². The fourth-order valence-corrected chi connectivity index (χ4v) is 1.65. The second-order valence-electron chi connectivity index (χ2n) is 4.59. The summed E-state index contributed by atoms with van der Waals surface area (Å²) in [6.45, 7) is 6.53. The van der Waals surface area contributed by atoms with Crippen molar-refractivity contribution in [3.05, 3.63) is 0 Å². The Labute approximate surface area is 103 Å². The summed E-state index contributed by atoms with van der Waals surface area (Å²) in [4.78, 5) is 24.1. The maximum atomic E-state index is 12.0. The largest absolute Gasteiger partial charge is 0.481 e. The van der Waals surface area contributed by atoms with Crippen LogP contribution in [0.1, 0.15) is 33.6 Å². The molecule has 0 aliphatic carbocycles. The van der Waals surface area contributed by atoms with E-state index < -0.39 is 5.97 Å². The van der Waals surface area contributed by atoms with Crippen LogP contribution in [0.15, 0.2) is 0 Å². The Morgan fingerprint density at radius 2 is 1.88 bits per heavy atom. The van der Waals surface area contributed by atoms with Crippen molar-refractivity contribution < 1.29 is 19.4 Å². The molecule has 1 atom stereocenters. The van der Waals surface area contributed by atoms with Gasteiger partial charge in [-0.05, 0) is 19.8 Å². The molecule has 5 nitrogen and oxygen atoms in total. The summed E-state index contributed by atoms with van der Waals surface area (Å²) in [7, 11) is 1.60. The Bertz CT molecular complexity index is 253. The zero-order chi connectivity index (χ0) is 13.4. The van der Waals surface area contributed by atoms with Crippen LogP contribution < -0.4 is 0 Å². The van der Waals surface area contributed by atoms with E-state index in [-0.39, 0.29) is 30.8 Å². The summed E-state index contributed by atoms with van der Waals surface area (Å²) in [6.07, 6.45) is 0.383. The minimum atomic E-state index is -0.881. The molecule has 0 fully saturated rings. The van der Waals surface area contributed by atoms with Gasteiger partial charge in [0.2, 0.25) is 5.91 Å². The van der Waals surface area contributed by atoms with E-state index in [1.54, 1.807) is 12.0 Å². The smallest absolute Gasteiger partial charge is 0.305 e. The Morgan fingerprint density at radius 1 is 1.29 bits per heavy atom. The highest BCUT2D eigenvalue weighted by molar-refractivity contribution is 5.77. The molecule has 5 heteroatoms. The third-order valence-corrected chi connectivity index (χ3v) is 2.48. The van der Waals surface area contributed by atoms with E-state index >= 15 is 0 Å². The van der Waals surface area contributed by atoms with E-state index in [0.717, 1.165) is 0 Å². The molecule has 100 valence electrons. The van der Waals surface area contributed by atoms with Crippen LogP contribution in [0, 0.1) is 5.92 Å². The highest BCUT2D eigenvalue weighted by Gasteiger charge is 2.19. The SMILES string of the molecule is COCC(C)CC(=O)N(CCC(=O)O)C(C)C. The van der Waals surface area contributed by atoms with Gasteiger partial charge >= 0.3 is 5.97 Å². The van der Waals surface area contributed by atoms with E-state index in [1.165, 1.54) is 0 Å². The molecule has 0 radical (unpaired) electrons. The minimum absolute atomic E-state index is 0.00852.